The highest BCUT2D eigenvalue weighted by Crippen LogP contribution is 2.17. The van der Waals surface area contributed by atoms with Gasteiger partial charge in [-0.2, -0.15) is 0 Å². The molecule has 0 saturated carbocycles. The number of allylic oxidation sites excluding steroid dienone is 2. The summed E-state index contributed by atoms with van der Waals surface area (Å²) in [5, 5.41) is 14.8. The van der Waals surface area contributed by atoms with Gasteiger partial charge in [-0.15, -0.1) is 0 Å². The first kappa shape index (κ1) is 5.56. The minimum absolute atomic E-state index is 0.176. The number of hydroxylamine groups is 2. The van der Waals surface area contributed by atoms with Crippen molar-refractivity contribution in [1.82, 2.24) is 10.4 Å². The summed E-state index contributed by atoms with van der Waals surface area (Å²) in [6.07, 6.45) is 8.69. The van der Waals surface area contributed by atoms with E-state index in [2.05, 4.69) is 5.32 Å². The van der Waals surface area contributed by atoms with Crippen molar-refractivity contribution in [2.24, 2.45) is 0 Å². The average Bonchev–Trinajstić information content (AvgIpc) is 2.36. The third kappa shape index (κ3) is 0.642. The molecule has 1 unspecified atom stereocenters. The van der Waals surface area contributed by atoms with Gasteiger partial charge in [0.15, 0.2) is 0 Å². The molecule has 2 rings (SSSR count). The fourth-order valence-corrected chi connectivity index (χ4v) is 1.11. The zero-order valence-corrected chi connectivity index (χ0v) is 5.32. The second kappa shape index (κ2) is 1.88. The Morgan fingerprint density at radius 2 is 2.50 bits per heavy atom. The molecular formula is C7H7N2O-. The second-order valence-electron chi connectivity index (χ2n) is 2.27. The molecule has 0 saturated heterocycles. The number of hydrogen-bond donors (Lipinski definition) is 1. The number of nitrogens with one attached hydrogen (secondary N) is 1. The van der Waals surface area contributed by atoms with Crippen LogP contribution in [0.4, 0.5) is 0 Å². The number of fused-ring (bicyclic) bond motifs is 1. The van der Waals surface area contributed by atoms with Gasteiger partial charge in [0, 0.05) is 0 Å². The molecule has 2 aliphatic heterocycles. The van der Waals surface area contributed by atoms with E-state index < -0.39 is 0 Å². The molecule has 0 aromatic rings. The molecule has 2 aliphatic rings. The summed E-state index contributed by atoms with van der Waals surface area (Å²) in [5.74, 6) is 0. The molecule has 0 aliphatic carbocycles. The van der Waals surface area contributed by atoms with Crippen LogP contribution in [0.3, 0.4) is 0 Å². The van der Waals surface area contributed by atoms with Crippen LogP contribution in [0.2, 0.25) is 0 Å². The first-order valence-corrected chi connectivity index (χ1v) is 3.14. The highest BCUT2D eigenvalue weighted by molar-refractivity contribution is 5.36. The molecule has 1 atom stereocenters. The van der Waals surface area contributed by atoms with Crippen LogP contribution in [-0.4, -0.2) is 11.2 Å². The van der Waals surface area contributed by atoms with Gasteiger partial charge in [0.1, 0.15) is 6.17 Å². The van der Waals surface area contributed by atoms with E-state index in [0.717, 1.165) is 10.6 Å². The van der Waals surface area contributed by atoms with Crippen molar-refractivity contribution in [2.75, 3.05) is 0 Å². The van der Waals surface area contributed by atoms with E-state index in [1.807, 2.05) is 12.2 Å². The molecular weight excluding hydrogens is 128 g/mol. The lowest BCUT2D eigenvalue weighted by molar-refractivity contribution is 0.389. The highest BCUT2D eigenvalue weighted by Gasteiger charge is 2.16. The molecule has 2 heterocycles. The summed E-state index contributed by atoms with van der Waals surface area (Å²) >= 11 is 0. The van der Waals surface area contributed by atoms with E-state index in [9.17, 15) is 5.21 Å². The molecule has 0 aromatic carbocycles. The van der Waals surface area contributed by atoms with Gasteiger partial charge >= 0.3 is 0 Å². The van der Waals surface area contributed by atoms with Crippen molar-refractivity contribution in [3.63, 3.8) is 0 Å². The van der Waals surface area contributed by atoms with E-state index in [-0.39, 0.29) is 6.17 Å². The first-order chi connectivity index (χ1) is 4.88. The topological polar surface area (TPSA) is 38.3 Å². The summed E-state index contributed by atoms with van der Waals surface area (Å²) in [6.45, 7) is 0. The maximum Gasteiger partial charge on any atom is 0.115 e. The Balaban J connectivity index is 2.31. The van der Waals surface area contributed by atoms with Gasteiger partial charge in [-0.3, -0.25) is 0 Å². The zero-order valence-electron chi connectivity index (χ0n) is 5.32. The number of hydrogen-bond acceptors (Lipinski definition) is 3. The quantitative estimate of drug-likeness (QED) is 0.531. The summed E-state index contributed by atoms with van der Waals surface area (Å²) in [5.41, 5.74) is 1.03. The predicted molar refractivity (Wildman–Crippen MR) is 38.5 cm³/mol. The maximum absolute atomic E-state index is 11.0. The SMILES string of the molecule is [O-]N1C=CC=C2C=CNC21. The lowest BCUT2D eigenvalue weighted by Crippen LogP contribution is -2.35. The molecule has 1 N–H and O–H groups in total. The van der Waals surface area contributed by atoms with Gasteiger partial charge in [-0.05, 0) is 30.1 Å². The van der Waals surface area contributed by atoms with Gasteiger partial charge in [-0.1, -0.05) is 6.08 Å². The molecule has 0 radical (unpaired) electrons. The predicted octanol–water partition coefficient (Wildman–Crippen LogP) is 0.683. The van der Waals surface area contributed by atoms with Crippen molar-refractivity contribution in [2.45, 2.75) is 6.17 Å². The molecule has 0 fully saturated rings. The lowest BCUT2D eigenvalue weighted by atomic mass is 10.2. The van der Waals surface area contributed by atoms with Crippen LogP contribution in [0.1, 0.15) is 0 Å². The number of nitrogens with zero attached hydrogens (tertiary/aromatic N) is 1. The summed E-state index contributed by atoms with van der Waals surface area (Å²) in [7, 11) is 0. The lowest BCUT2D eigenvalue weighted by Gasteiger charge is -2.36. The van der Waals surface area contributed by atoms with Crippen LogP contribution >= 0.6 is 0 Å². The Morgan fingerprint density at radius 1 is 1.60 bits per heavy atom. The van der Waals surface area contributed by atoms with Crippen LogP contribution in [0, 0.1) is 5.21 Å². The molecule has 0 spiro atoms. The minimum Gasteiger partial charge on any atom is -0.757 e. The fraction of sp³-hybridized carbons (Fsp3) is 0.143. The molecule has 3 nitrogen and oxygen atoms in total. The number of rotatable bonds is 0. The van der Waals surface area contributed by atoms with Crippen molar-refractivity contribution < 1.29 is 0 Å². The average molecular weight is 135 g/mol. The Labute approximate surface area is 58.9 Å². The van der Waals surface area contributed by atoms with Crippen LogP contribution < -0.4 is 5.32 Å². The second-order valence-corrected chi connectivity index (χ2v) is 2.27. The van der Waals surface area contributed by atoms with Crippen molar-refractivity contribution >= 4 is 0 Å². The van der Waals surface area contributed by atoms with Crippen molar-refractivity contribution in [3.8, 4) is 0 Å². The van der Waals surface area contributed by atoms with Crippen molar-refractivity contribution in [3.05, 3.63) is 41.4 Å². The Hall–Kier alpha value is -1.22. The fourth-order valence-electron chi connectivity index (χ4n) is 1.11. The highest BCUT2D eigenvalue weighted by atomic mass is 16.5. The minimum atomic E-state index is -0.176. The van der Waals surface area contributed by atoms with Crippen LogP contribution in [0.25, 0.3) is 0 Å². The van der Waals surface area contributed by atoms with Crippen LogP contribution in [0.5, 0.6) is 0 Å². The Bertz CT molecular complexity index is 230. The molecule has 0 amide bonds. The summed E-state index contributed by atoms with van der Waals surface area (Å²) < 4.78 is 0. The van der Waals surface area contributed by atoms with Gasteiger partial charge in [0.05, 0.1) is 0 Å². The Morgan fingerprint density at radius 3 is 3.30 bits per heavy atom. The van der Waals surface area contributed by atoms with E-state index in [0.29, 0.717) is 0 Å². The van der Waals surface area contributed by atoms with Gasteiger partial charge in [0.25, 0.3) is 0 Å². The summed E-state index contributed by atoms with van der Waals surface area (Å²) in [4.78, 5) is 0. The largest absolute Gasteiger partial charge is 0.757 e. The van der Waals surface area contributed by atoms with E-state index in [1.54, 1.807) is 12.3 Å². The normalized spacial score (nSPS) is 27.9. The van der Waals surface area contributed by atoms with Gasteiger partial charge < -0.3 is 15.6 Å². The van der Waals surface area contributed by atoms with Gasteiger partial charge in [0.2, 0.25) is 0 Å². The third-order valence-corrected chi connectivity index (χ3v) is 1.62. The third-order valence-electron chi connectivity index (χ3n) is 1.62. The van der Waals surface area contributed by atoms with E-state index >= 15 is 0 Å². The van der Waals surface area contributed by atoms with E-state index in [4.69, 9.17) is 0 Å². The molecule has 52 valence electrons. The smallest absolute Gasteiger partial charge is 0.115 e. The maximum atomic E-state index is 11.0. The zero-order chi connectivity index (χ0) is 6.97. The summed E-state index contributed by atoms with van der Waals surface area (Å²) in [6, 6.07) is 0. The van der Waals surface area contributed by atoms with E-state index in [1.165, 1.54) is 6.20 Å². The monoisotopic (exact) mass is 135 g/mol. The van der Waals surface area contributed by atoms with Crippen LogP contribution in [0.15, 0.2) is 36.2 Å². The van der Waals surface area contributed by atoms with Crippen molar-refractivity contribution in [1.29, 1.82) is 0 Å². The first-order valence-electron chi connectivity index (χ1n) is 3.14. The molecule has 10 heavy (non-hydrogen) atoms. The molecule has 0 bridgehead atoms. The van der Waals surface area contributed by atoms with Gasteiger partial charge in [-0.25, -0.2) is 0 Å². The molecule has 0 aromatic heterocycles. The Kier molecular flexibility index (Phi) is 1.05. The standard InChI is InChI=1S/C7H7N2O/c10-9-5-1-2-6-3-4-8-7(6)9/h1-5,7-8H/q-1. The van der Waals surface area contributed by atoms with Crippen LogP contribution in [-0.2, 0) is 0 Å². The molecule has 3 heteroatoms.